The van der Waals surface area contributed by atoms with Gasteiger partial charge in [-0.05, 0) is 67.8 Å². The molecule has 0 saturated heterocycles. The molecule has 3 aromatic rings. The van der Waals surface area contributed by atoms with Crippen molar-refractivity contribution in [2.24, 2.45) is 5.92 Å². The van der Waals surface area contributed by atoms with Gasteiger partial charge in [0.1, 0.15) is 11.4 Å². The van der Waals surface area contributed by atoms with Crippen LogP contribution >= 0.6 is 0 Å². The molecule has 0 atom stereocenters. The number of benzene rings is 2. The minimum atomic E-state index is -3.77. The smallest absolute Gasteiger partial charge is 0.261 e. The molecule has 1 aromatic heterocycles. The van der Waals surface area contributed by atoms with Gasteiger partial charge in [0.25, 0.3) is 10.0 Å². The number of hydrogen-bond donors (Lipinski definition) is 2. The van der Waals surface area contributed by atoms with Gasteiger partial charge in [0.15, 0.2) is 5.76 Å². The molecule has 8 nitrogen and oxygen atoms in total. The number of aromatic nitrogens is 1. The third-order valence-corrected chi connectivity index (χ3v) is 6.37. The number of hydrogen-bond acceptors (Lipinski definition) is 6. The third kappa shape index (κ3) is 4.87. The monoisotopic (exact) mass is 448 g/mol. The lowest BCUT2D eigenvalue weighted by atomic mass is 10.2. The molecular formula is C23H20N4O4S. The molecule has 1 aliphatic rings. The van der Waals surface area contributed by atoms with E-state index in [-0.39, 0.29) is 16.7 Å². The van der Waals surface area contributed by atoms with Crippen LogP contribution in [-0.2, 0) is 14.8 Å². The van der Waals surface area contributed by atoms with E-state index >= 15 is 0 Å². The van der Waals surface area contributed by atoms with Crippen LogP contribution in [0.5, 0.6) is 0 Å². The van der Waals surface area contributed by atoms with Crippen LogP contribution in [0.15, 0.2) is 57.9 Å². The van der Waals surface area contributed by atoms with Gasteiger partial charge < -0.3 is 9.84 Å². The number of anilines is 2. The second-order valence-corrected chi connectivity index (χ2v) is 9.15. The van der Waals surface area contributed by atoms with Crippen LogP contribution < -0.4 is 10.0 Å². The Morgan fingerprint density at radius 2 is 1.81 bits per heavy atom. The van der Waals surface area contributed by atoms with E-state index in [4.69, 9.17) is 9.78 Å². The number of nitrogens with one attached hydrogen (secondary N) is 2. The van der Waals surface area contributed by atoms with Gasteiger partial charge in [0, 0.05) is 11.6 Å². The minimum Gasteiger partial charge on any atom is -0.354 e. The van der Waals surface area contributed by atoms with Crippen LogP contribution in [0.3, 0.4) is 0 Å². The summed E-state index contributed by atoms with van der Waals surface area (Å²) in [6.07, 6.45) is 5.23. The first-order chi connectivity index (χ1) is 15.4. The Kier molecular flexibility index (Phi) is 5.79. The summed E-state index contributed by atoms with van der Waals surface area (Å²) in [7, 11) is -3.77. The average molecular weight is 449 g/mol. The van der Waals surface area contributed by atoms with Gasteiger partial charge in [-0.25, -0.2) is 8.42 Å². The third-order valence-electron chi connectivity index (χ3n) is 4.97. The Morgan fingerprint density at radius 1 is 1.12 bits per heavy atom. The van der Waals surface area contributed by atoms with Gasteiger partial charge >= 0.3 is 0 Å². The van der Waals surface area contributed by atoms with Gasteiger partial charge in [-0.1, -0.05) is 23.4 Å². The first kappa shape index (κ1) is 21.3. The molecule has 162 valence electrons. The Balaban J connectivity index is 1.46. The van der Waals surface area contributed by atoms with E-state index in [1.165, 1.54) is 36.4 Å². The zero-order valence-corrected chi connectivity index (χ0v) is 18.0. The zero-order chi connectivity index (χ0) is 22.7. The molecular weight excluding hydrogens is 428 g/mol. The highest BCUT2D eigenvalue weighted by Crippen LogP contribution is 2.32. The predicted octanol–water partition coefficient (Wildman–Crippen LogP) is 4.17. The first-order valence-electron chi connectivity index (χ1n) is 9.94. The maximum Gasteiger partial charge on any atom is 0.261 e. The lowest BCUT2D eigenvalue weighted by Crippen LogP contribution is -2.14. The highest BCUT2D eigenvalue weighted by molar-refractivity contribution is 7.92. The number of aryl methyl sites for hydroxylation is 1. The molecule has 1 amide bonds. The lowest BCUT2D eigenvalue weighted by molar-refractivity contribution is -0.117. The van der Waals surface area contributed by atoms with Crippen LogP contribution in [0.25, 0.3) is 12.2 Å². The summed E-state index contributed by atoms with van der Waals surface area (Å²) < 4.78 is 33.0. The molecule has 32 heavy (non-hydrogen) atoms. The zero-order valence-electron chi connectivity index (χ0n) is 17.2. The molecule has 0 unspecified atom stereocenters. The highest BCUT2D eigenvalue weighted by atomic mass is 32.2. The lowest BCUT2D eigenvalue weighted by Gasteiger charge is -2.08. The number of amides is 1. The summed E-state index contributed by atoms with van der Waals surface area (Å²) in [4.78, 5) is 12.2. The summed E-state index contributed by atoms with van der Waals surface area (Å²) in [5.41, 5.74) is 2.70. The standard InChI is InChI=1S/C23H20N4O4S/c1-15-22(25-23(28)18-7-8-18)21(31-26-15)13-6-16-4-11-20(12-5-16)32(29,30)27-19-9-2-17(14-24)3-10-19/h2-6,9-13,18,27H,7-8H2,1H3,(H,25,28)/b13-6-. The van der Waals surface area contributed by atoms with Crippen LogP contribution in [-0.4, -0.2) is 19.5 Å². The molecule has 1 saturated carbocycles. The Bertz CT molecular complexity index is 1310. The number of nitrogens with zero attached hydrogens (tertiary/aromatic N) is 2. The maximum atomic E-state index is 12.6. The van der Waals surface area contributed by atoms with Gasteiger partial charge in [0.05, 0.1) is 16.5 Å². The molecule has 2 aromatic carbocycles. The number of carbonyl (C=O) groups is 1. The van der Waals surface area contributed by atoms with Gasteiger partial charge in [-0.3, -0.25) is 9.52 Å². The van der Waals surface area contributed by atoms with Crippen LogP contribution in [0.4, 0.5) is 11.4 Å². The summed E-state index contributed by atoms with van der Waals surface area (Å²) in [6.45, 7) is 1.75. The molecule has 1 fully saturated rings. The Morgan fingerprint density at radius 3 is 2.44 bits per heavy atom. The van der Waals surface area contributed by atoms with E-state index in [0.29, 0.717) is 28.4 Å². The summed E-state index contributed by atoms with van der Waals surface area (Å²) in [6, 6.07) is 14.4. The normalized spacial score (nSPS) is 13.6. The van der Waals surface area contributed by atoms with E-state index in [1.807, 2.05) is 6.07 Å². The molecule has 9 heteroatoms. The molecule has 0 bridgehead atoms. The van der Waals surface area contributed by atoms with E-state index in [1.54, 1.807) is 31.2 Å². The van der Waals surface area contributed by atoms with Crippen molar-refractivity contribution in [1.82, 2.24) is 5.16 Å². The van der Waals surface area contributed by atoms with Crippen LogP contribution in [0.1, 0.15) is 35.4 Å². The fourth-order valence-electron chi connectivity index (χ4n) is 2.98. The highest BCUT2D eigenvalue weighted by Gasteiger charge is 2.30. The van der Waals surface area contributed by atoms with Crippen LogP contribution in [0.2, 0.25) is 0 Å². The molecule has 0 spiro atoms. The van der Waals surface area contributed by atoms with Crippen molar-refractivity contribution in [3.05, 3.63) is 71.1 Å². The fraction of sp³-hybridized carbons (Fsp3) is 0.174. The van der Waals surface area contributed by atoms with Crippen molar-refractivity contribution in [3.8, 4) is 6.07 Å². The maximum absolute atomic E-state index is 12.6. The molecule has 0 radical (unpaired) electrons. The fourth-order valence-corrected chi connectivity index (χ4v) is 4.04. The second kappa shape index (κ2) is 8.69. The molecule has 0 aliphatic heterocycles. The molecule has 1 heterocycles. The number of rotatable bonds is 7. The van der Waals surface area contributed by atoms with Gasteiger partial charge in [-0.15, -0.1) is 0 Å². The second-order valence-electron chi connectivity index (χ2n) is 7.47. The van der Waals surface area contributed by atoms with Crippen molar-refractivity contribution in [3.63, 3.8) is 0 Å². The van der Waals surface area contributed by atoms with E-state index in [0.717, 1.165) is 18.4 Å². The summed E-state index contributed by atoms with van der Waals surface area (Å²) in [5.74, 6) is 0.458. The molecule has 2 N–H and O–H groups in total. The van der Waals surface area contributed by atoms with Crippen molar-refractivity contribution in [2.45, 2.75) is 24.7 Å². The minimum absolute atomic E-state index is 0.0322. The SMILES string of the molecule is Cc1noc(/C=C\c2ccc(S(=O)(=O)Nc3ccc(C#N)cc3)cc2)c1NC(=O)C1CC1. The molecule has 4 rings (SSSR count). The predicted molar refractivity (Wildman–Crippen MR) is 120 cm³/mol. The number of carbonyl (C=O) groups excluding carboxylic acids is 1. The van der Waals surface area contributed by atoms with Crippen molar-refractivity contribution < 1.29 is 17.7 Å². The average Bonchev–Trinajstić information content (AvgIpc) is 3.59. The van der Waals surface area contributed by atoms with E-state index in [2.05, 4.69) is 15.2 Å². The first-order valence-corrected chi connectivity index (χ1v) is 11.4. The Labute approximate surface area is 185 Å². The number of nitriles is 1. The Hall–Kier alpha value is -3.90. The van der Waals surface area contributed by atoms with E-state index in [9.17, 15) is 13.2 Å². The molecule has 1 aliphatic carbocycles. The van der Waals surface area contributed by atoms with Crippen molar-refractivity contribution >= 4 is 39.5 Å². The van der Waals surface area contributed by atoms with E-state index < -0.39 is 10.0 Å². The largest absolute Gasteiger partial charge is 0.354 e. The van der Waals surface area contributed by atoms with Crippen molar-refractivity contribution in [1.29, 1.82) is 5.26 Å². The van der Waals surface area contributed by atoms with Gasteiger partial charge in [-0.2, -0.15) is 5.26 Å². The topological polar surface area (TPSA) is 125 Å². The van der Waals surface area contributed by atoms with Crippen LogP contribution in [0, 0.1) is 24.2 Å². The van der Waals surface area contributed by atoms with Crippen molar-refractivity contribution in [2.75, 3.05) is 10.0 Å². The van der Waals surface area contributed by atoms with Gasteiger partial charge in [0.2, 0.25) is 5.91 Å². The number of sulfonamides is 1. The quantitative estimate of drug-likeness (QED) is 0.559. The summed E-state index contributed by atoms with van der Waals surface area (Å²) in [5, 5.41) is 15.6. The summed E-state index contributed by atoms with van der Waals surface area (Å²) >= 11 is 0.